The second-order valence-corrected chi connectivity index (χ2v) is 12.2. The number of Topliss-reactive ketones (excluding diaryl/α,β-unsaturated/α-hetero) is 1. The first-order valence-electron chi connectivity index (χ1n) is 8.03. The molecule has 1 aliphatic carbocycles. The summed E-state index contributed by atoms with van der Waals surface area (Å²) < 4.78 is 12.0. The molecular weight excluding hydrogens is 395 g/mol. The molecule has 0 saturated heterocycles. The summed E-state index contributed by atoms with van der Waals surface area (Å²) in [5.74, 6) is -2.64. The SMILES string of the molecule is C[Si](C)(C)OC1(Oc2c(Cl)c(Cl)c(O)c(C#N)c2C#N)CCCCC1=O. The van der Waals surface area contributed by atoms with Crippen molar-refractivity contribution in [2.75, 3.05) is 0 Å². The van der Waals surface area contributed by atoms with E-state index in [0.717, 1.165) is 6.42 Å². The molecule has 0 heterocycles. The van der Waals surface area contributed by atoms with Gasteiger partial charge in [0.2, 0.25) is 5.78 Å². The lowest BCUT2D eigenvalue weighted by Gasteiger charge is -2.40. The van der Waals surface area contributed by atoms with Gasteiger partial charge in [-0.15, -0.1) is 0 Å². The Morgan fingerprint density at radius 2 is 1.73 bits per heavy atom. The number of ketones is 1. The van der Waals surface area contributed by atoms with Crippen LogP contribution in [0.3, 0.4) is 0 Å². The monoisotopic (exact) mass is 412 g/mol. The van der Waals surface area contributed by atoms with E-state index in [1.54, 1.807) is 12.1 Å². The van der Waals surface area contributed by atoms with E-state index in [9.17, 15) is 20.4 Å². The van der Waals surface area contributed by atoms with Crippen molar-refractivity contribution in [2.45, 2.75) is 51.1 Å². The first kappa shape index (κ1) is 20.5. The minimum absolute atomic E-state index is 0.220. The number of aromatic hydroxyl groups is 1. The van der Waals surface area contributed by atoms with E-state index >= 15 is 0 Å². The van der Waals surface area contributed by atoms with Crippen molar-refractivity contribution < 1.29 is 19.1 Å². The summed E-state index contributed by atoms with van der Waals surface area (Å²) in [6.07, 6.45) is 2.00. The number of carbonyl (C=O) groups excluding carboxylic acids is 1. The number of phenolic OH excluding ortho intramolecular Hbond substituents is 1. The van der Waals surface area contributed by atoms with Crippen LogP contribution in [0.25, 0.3) is 0 Å². The van der Waals surface area contributed by atoms with Crippen LogP contribution in [0.1, 0.15) is 36.8 Å². The number of phenols is 1. The van der Waals surface area contributed by atoms with Crippen molar-refractivity contribution in [3.05, 3.63) is 21.2 Å². The highest BCUT2D eigenvalue weighted by Gasteiger charge is 2.47. The van der Waals surface area contributed by atoms with Crippen LogP contribution in [0.4, 0.5) is 0 Å². The molecule has 0 amide bonds. The van der Waals surface area contributed by atoms with Crippen molar-refractivity contribution in [2.24, 2.45) is 0 Å². The Labute approximate surface area is 163 Å². The zero-order valence-corrected chi connectivity index (χ0v) is 17.2. The Kier molecular flexibility index (Phi) is 5.89. The lowest BCUT2D eigenvalue weighted by molar-refractivity contribution is -0.173. The van der Waals surface area contributed by atoms with Gasteiger partial charge in [-0.3, -0.25) is 4.79 Å². The van der Waals surface area contributed by atoms with Crippen molar-refractivity contribution in [3.8, 4) is 23.6 Å². The molecule has 1 saturated carbocycles. The maximum Gasteiger partial charge on any atom is 0.261 e. The number of hydrogen-bond acceptors (Lipinski definition) is 6. The van der Waals surface area contributed by atoms with Gasteiger partial charge in [0.05, 0.1) is 0 Å². The molecule has 0 bridgehead atoms. The lowest BCUT2D eigenvalue weighted by Crippen LogP contribution is -2.54. The number of carbonyl (C=O) groups is 1. The summed E-state index contributed by atoms with van der Waals surface area (Å²) in [7, 11) is -2.22. The van der Waals surface area contributed by atoms with E-state index in [1.165, 1.54) is 0 Å². The molecule has 1 aromatic carbocycles. The average molecular weight is 413 g/mol. The molecule has 26 heavy (non-hydrogen) atoms. The lowest BCUT2D eigenvalue weighted by atomic mass is 9.92. The zero-order valence-electron chi connectivity index (χ0n) is 14.7. The minimum atomic E-state index is -2.22. The van der Waals surface area contributed by atoms with Gasteiger partial charge in [-0.2, -0.15) is 10.5 Å². The molecule has 1 aliphatic rings. The van der Waals surface area contributed by atoms with Gasteiger partial charge in [0, 0.05) is 12.8 Å². The highest BCUT2D eigenvalue weighted by Crippen LogP contribution is 2.46. The molecule has 1 unspecified atom stereocenters. The molecule has 0 aliphatic heterocycles. The Morgan fingerprint density at radius 1 is 1.12 bits per heavy atom. The molecule has 2 rings (SSSR count). The van der Waals surface area contributed by atoms with Crippen LogP contribution < -0.4 is 4.74 Å². The predicted octanol–water partition coefficient (Wildman–Crippen LogP) is 4.51. The Morgan fingerprint density at radius 3 is 2.23 bits per heavy atom. The molecule has 0 aromatic heterocycles. The average Bonchev–Trinajstić information content (AvgIpc) is 2.56. The molecule has 138 valence electrons. The number of halogens is 2. The smallest absolute Gasteiger partial charge is 0.261 e. The van der Waals surface area contributed by atoms with E-state index in [4.69, 9.17) is 32.4 Å². The van der Waals surface area contributed by atoms with Gasteiger partial charge in [-0.1, -0.05) is 23.2 Å². The molecule has 1 atom stereocenters. The van der Waals surface area contributed by atoms with E-state index in [1.807, 2.05) is 19.6 Å². The molecule has 0 spiro atoms. The van der Waals surface area contributed by atoms with Gasteiger partial charge < -0.3 is 14.3 Å². The topological polar surface area (TPSA) is 103 Å². The van der Waals surface area contributed by atoms with Crippen LogP contribution in [0.5, 0.6) is 11.5 Å². The van der Waals surface area contributed by atoms with Crippen molar-refractivity contribution >= 4 is 37.3 Å². The third-order valence-electron chi connectivity index (χ3n) is 3.86. The van der Waals surface area contributed by atoms with Crippen LogP contribution in [-0.4, -0.2) is 25.0 Å². The van der Waals surface area contributed by atoms with Gasteiger partial charge in [0.25, 0.3) is 5.79 Å². The molecule has 0 radical (unpaired) electrons. The number of rotatable bonds is 4. The maximum atomic E-state index is 12.7. The van der Waals surface area contributed by atoms with Crippen LogP contribution >= 0.6 is 23.2 Å². The van der Waals surface area contributed by atoms with Crippen LogP contribution in [0.15, 0.2) is 0 Å². The van der Waals surface area contributed by atoms with Gasteiger partial charge in [-0.25, -0.2) is 0 Å². The van der Waals surface area contributed by atoms with Crippen LogP contribution in [0, 0.1) is 22.7 Å². The van der Waals surface area contributed by atoms with Crippen LogP contribution in [-0.2, 0) is 9.22 Å². The highest BCUT2D eigenvalue weighted by atomic mass is 35.5. The summed E-state index contributed by atoms with van der Waals surface area (Å²) >= 11 is 12.2. The predicted molar refractivity (Wildman–Crippen MR) is 98.8 cm³/mol. The Balaban J connectivity index is 2.67. The van der Waals surface area contributed by atoms with Gasteiger partial charge in [-0.05, 0) is 32.5 Å². The zero-order chi connectivity index (χ0) is 19.7. The van der Waals surface area contributed by atoms with E-state index in [-0.39, 0.29) is 39.1 Å². The Bertz CT molecular complexity index is 839. The molecule has 1 aromatic rings. The minimum Gasteiger partial charge on any atom is -0.505 e. The fraction of sp³-hybridized carbons (Fsp3) is 0.471. The normalized spacial score (nSPS) is 20.3. The van der Waals surface area contributed by atoms with Gasteiger partial charge >= 0.3 is 0 Å². The van der Waals surface area contributed by atoms with Gasteiger partial charge in [0.1, 0.15) is 33.3 Å². The summed E-state index contributed by atoms with van der Waals surface area (Å²) in [6.45, 7) is 5.74. The number of benzene rings is 1. The molecule has 1 fully saturated rings. The number of ether oxygens (including phenoxy) is 1. The van der Waals surface area contributed by atoms with E-state index in [0.29, 0.717) is 12.8 Å². The van der Waals surface area contributed by atoms with Crippen LogP contribution in [0.2, 0.25) is 29.7 Å². The number of nitriles is 2. The Hall–Kier alpha value is -1.77. The van der Waals surface area contributed by atoms with E-state index < -0.39 is 19.9 Å². The fourth-order valence-electron chi connectivity index (χ4n) is 2.84. The third-order valence-corrected chi connectivity index (χ3v) is 5.63. The van der Waals surface area contributed by atoms with Gasteiger partial charge in [0.15, 0.2) is 19.8 Å². The highest BCUT2D eigenvalue weighted by molar-refractivity contribution is 6.70. The summed E-state index contributed by atoms with van der Waals surface area (Å²) in [4.78, 5) is 12.7. The molecule has 9 heteroatoms. The molecule has 1 N–H and O–H groups in total. The standard InChI is InChI=1S/C17H18Cl2N2O4Si/c1-26(2,3)25-17(7-5-4-6-12(17)22)24-16-11(9-21)10(8-20)15(23)13(18)14(16)19/h23H,4-7H2,1-3H3. The summed E-state index contributed by atoms with van der Waals surface area (Å²) in [6, 6.07) is 3.52. The number of nitrogens with zero attached hydrogens (tertiary/aromatic N) is 2. The quantitative estimate of drug-likeness (QED) is 0.575. The molecular formula is C17H18Cl2N2O4Si. The van der Waals surface area contributed by atoms with Crippen molar-refractivity contribution in [1.82, 2.24) is 0 Å². The second-order valence-electron chi connectivity index (χ2n) is 6.98. The summed E-state index contributed by atoms with van der Waals surface area (Å²) in [5.41, 5.74) is -0.639. The van der Waals surface area contributed by atoms with E-state index in [2.05, 4.69) is 0 Å². The first-order valence-corrected chi connectivity index (χ1v) is 12.2. The first-order chi connectivity index (χ1) is 12.1. The molecule has 6 nitrogen and oxygen atoms in total. The maximum absolute atomic E-state index is 12.7. The number of hydrogen-bond donors (Lipinski definition) is 1. The largest absolute Gasteiger partial charge is 0.505 e. The summed E-state index contributed by atoms with van der Waals surface area (Å²) in [5, 5.41) is 28.2. The van der Waals surface area contributed by atoms with Crippen molar-refractivity contribution in [3.63, 3.8) is 0 Å². The third kappa shape index (κ3) is 3.82. The fourth-order valence-corrected chi connectivity index (χ4v) is 4.49. The van der Waals surface area contributed by atoms with Crippen molar-refractivity contribution in [1.29, 1.82) is 10.5 Å². The second kappa shape index (κ2) is 7.46.